The van der Waals surface area contributed by atoms with Gasteiger partial charge in [0.15, 0.2) is 0 Å². The van der Waals surface area contributed by atoms with E-state index >= 15 is 0 Å². The maximum absolute atomic E-state index is 12.9. The zero-order valence-electron chi connectivity index (χ0n) is 13.9. The Balaban J connectivity index is 1.77. The van der Waals surface area contributed by atoms with Gasteiger partial charge in [-0.2, -0.15) is 11.8 Å². The van der Waals surface area contributed by atoms with Gasteiger partial charge < -0.3 is 4.90 Å². The summed E-state index contributed by atoms with van der Waals surface area (Å²) < 4.78 is 1.01. The van der Waals surface area contributed by atoms with Crippen LogP contribution in [0.5, 0.6) is 0 Å². The number of thioether (sulfide) groups is 1. The largest absolute Gasteiger partial charge is 0.337 e. The van der Waals surface area contributed by atoms with E-state index in [2.05, 4.69) is 27.1 Å². The molecule has 1 saturated carbocycles. The maximum atomic E-state index is 12.9. The first-order chi connectivity index (χ1) is 11.1. The summed E-state index contributed by atoms with van der Waals surface area (Å²) >= 11 is 5.41. The van der Waals surface area contributed by atoms with E-state index in [0.717, 1.165) is 16.5 Å². The van der Waals surface area contributed by atoms with Crippen LogP contribution in [0.1, 0.15) is 36.0 Å². The third-order valence-electron chi connectivity index (χ3n) is 5.30. The van der Waals surface area contributed by atoms with Crippen LogP contribution in [0.15, 0.2) is 28.7 Å². The Morgan fingerprint density at radius 1 is 1.22 bits per heavy atom. The average Bonchev–Trinajstić information content (AvgIpc) is 3.22. The Hall–Kier alpha value is -0.520. The molecule has 1 aromatic rings. The van der Waals surface area contributed by atoms with Crippen molar-refractivity contribution in [3.63, 3.8) is 0 Å². The van der Waals surface area contributed by atoms with Crippen molar-refractivity contribution in [2.75, 3.05) is 26.4 Å². The number of hydrogen-bond donors (Lipinski definition) is 0. The summed E-state index contributed by atoms with van der Waals surface area (Å²) in [5, 5.41) is 0.651. The molecule has 1 aromatic carbocycles. The van der Waals surface area contributed by atoms with Crippen molar-refractivity contribution in [3.8, 4) is 0 Å². The molecule has 1 aliphatic heterocycles. The Bertz CT molecular complexity index is 544. The van der Waals surface area contributed by atoms with Crippen molar-refractivity contribution in [1.82, 2.24) is 9.80 Å². The van der Waals surface area contributed by atoms with Crippen LogP contribution >= 0.6 is 27.7 Å². The lowest BCUT2D eigenvalue weighted by Gasteiger charge is -2.37. The molecule has 0 spiro atoms. The predicted molar refractivity (Wildman–Crippen MR) is 101 cm³/mol. The van der Waals surface area contributed by atoms with E-state index in [1.165, 1.54) is 32.4 Å². The number of amides is 1. The fourth-order valence-corrected chi connectivity index (χ4v) is 5.34. The number of rotatable bonds is 4. The van der Waals surface area contributed by atoms with Gasteiger partial charge in [0.05, 0.1) is 0 Å². The van der Waals surface area contributed by atoms with Gasteiger partial charge in [-0.15, -0.1) is 0 Å². The number of carbonyl (C=O) groups is 1. The molecule has 1 saturated heterocycles. The van der Waals surface area contributed by atoms with Crippen LogP contribution in [-0.2, 0) is 0 Å². The molecule has 5 heteroatoms. The Morgan fingerprint density at radius 2 is 1.87 bits per heavy atom. The fourth-order valence-electron chi connectivity index (χ4n) is 4.07. The minimum Gasteiger partial charge on any atom is -0.337 e. The van der Waals surface area contributed by atoms with Crippen molar-refractivity contribution in [1.29, 1.82) is 0 Å². The topological polar surface area (TPSA) is 23.6 Å². The number of likely N-dealkylation sites (tertiary alicyclic amines) is 1. The van der Waals surface area contributed by atoms with E-state index in [1.54, 1.807) is 0 Å². The highest BCUT2D eigenvalue weighted by Crippen LogP contribution is 2.37. The second kappa shape index (κ2) is 7.58. The Kier molecular flexibility index (Phi) is 5.70. The van der Waals surface area contributed by atoms with Gasteiger partial charge in [-0.05, 0) is 69.3 Å². The molecule has 1 heterocycles. The van der Waals surface area contributed by atoms with Crippen molar-refractivity contribution in [3.05, 3.63) is 34.3 Å². The Morgan fingerprint density at radius 3 is 2.48 bits per heavy atom. The minimum atomic E-state index is 0.147. The molecule has 0 N–H and O–H groups in total. The molecule has 0 bridgehead atoms. The summed E-state index contributed by atoms with van der Waals surface area (Å²) in [5.41, 5.74) is 0.781. The van der Waals surface area contributed by atoms with Crippen LogP contribution < -0.4 is 0 Å². The van der Waals surface area contributed by atoms with E-state index in [1.807, 2.05) is 48.0 Å². The summed E-state index contributed by atoms with van der Waals surface area (Å²) in [6.45, 7) is 2.39. The van der Waals surface area contributed by atoms with Gasteiger partial charge in [0.2, 0.25) is 0 Å². The Labute approximate surface area is 151 Å². The highest BCUT2D eigenvalue weighted by Gasteiger charge is 2.43. The molecule has 1 amide bonds. The standard InChI is InChI=1S/C18H25BrN2OS/c1-20(18(22)13-5-7-14(19)8-6-13)15-9-10-16(23-2)17(15)21-11-3-4-12-21/h5-8,15-17H,3-4,9-12H2,1-2H3. The molecule has 2 aliphatic rings. The zero-order chi connectivity index (χ0) is 16.4. The highest BCUT2D eigenvalue weighted by atomic mass is 79.9. The first-order valence-electron chi connectivity index (χ1n) is 8.41. The van der Waals surface area contributed by atoms with Crippen LogP contribution in [0, 0.1) is 0 Å². The molecular weight excluding hydrogens is 372 g/mol. The fraction of sp³-hybridized carbons (Fsp3) is 0.611. The van der Waals surface area contributed by atoms with Crippen LogP contribution in [0.3, 0.4) is 0 Å². The lowest BCUT2D eigenvalue weighted by Crippen LogP contribution is -2.51. The molecule has 126 valence electrons. The van der Waals surface area contributed by atoms with Gasteiger partial charge in [0, 0.05) is 34.4 Å². The van der Waals surface area contributed by atoms with Gasteiger partial charge in [0.25, 0.3) is 5.91 Å². The predicted octanol–water partition coefficient (Wildman–Crippen LogP) is 3.88. The number of halogens is 1. The van der Waals surface area contributed by atoms with Crippen molar-refractivity contribution in [2.45, 2.75) is 43.0 Å². The van der Waals surface area contributed by atoms with Crippen LogP contribution in [0.2, 0.25) is 0 Å². The molecule has 3 unspecified atom stereocenters. The molecule has 3 rings (SSSR count). The van der Waals surface area contributed by atoms with E-state index < -0.39 is 0 Å². The molecule has 2 fully saturated rings. The second-order valence-electron chi connectivity index (χ2n) is 6.58. The lowest BCUT2D eigenvalue weighted by atomic mass is 10.1. The average molecular weight is 397 g/mol. The number of likely N-dealkylation sites (N-methyl/N-ethyl adjacent to an activating group) is 1. The summed E-state index contributed by atoms with van der Waals surface area (Å²) in [4.78, 5) is 17.5. The van der Waals surface area contributed by atoms with Crippen LogP contribution in [-0.4, -0.2) is 59.4 Å². The van der Waals surface area contributed by atoms with Crippen molar-refractivity contribution in [2.24, 2.45) is 0 Å². The maximum Gasteiger partial charge on any atom is 0.253 e. The molecule has 3 nitrogen and oxygen atoms in total. The summed E-state index contributed by atoms with van der Waals surface area (Å²) in [6.07, 6.45) is 7.15. The monoisotopic (exact) mass is 396 g/mol. The van der Waals surface area contributed by atoms with E-state index in [0.29, 0.717) is 17.3 Å². The van der Waals surface area contributed by atoms with Crippen molar-refractivity contribution >= 4 is 33.6 Å². The first kappa shape index (κ1) is 17.3. The van der Waals surface area contributed by atoms with Gasteiger partial charge >= 0.3 is 0 Å². The smallest absolute Gasteiger partial charge is 0.253 e. The molecule has 23 heavy (non-hydrogen) atoms. The second-order valence-corrected chi connectivity index (χ2v) is 8.57. The molecule has 3 atom stereocenters. The van der Waals surface area contributed by atoms with Gasteiger partial charge in [-0.1, -0.05) is 15.9 Å². The number of nitrogens with zero attached hydrogens (tertiary/aromatic N) is 2. The molecule has 1 aliphatic carbocycles. The number of carbonyl (C=O) groups excluding carboxylic acids is 1. The van der Waals surface area contributed by atoms with E-state index in [4.69, 9.17) is 0 Å². The summed E-state index contributed by atoms with van der Waals surface area (Å²) in [7, 11) is 1.99. The number of benzene rings is 1. The quantitative estimate of drug-likeness (QED) is 0.771. The summed E-state index contributed by atoms with van der Waals surface area (Å²) in [5.74, 6) is 0.147. The molecule has 0 aromatic heterocycles. The minimum absolute atomic E-state index is 0.147. The van der Waals surface area contributed by atoms with Crippen LogP contribution in [0.25, 0.3) is 0 Å². The zero-order valence-corrected chi connectivity index (χ0v) is 16.3. The van der Waals surface area contributed by atoms with Crippen molar-refractivity contribution < 1.29 is 4.79 Å². The SMILES string of the molecule is CSC1CCC(N(C)C(=O)c2ccc(Br)cc2)C1N1CCCC1. The highest BCUT2D eigenvalue weighted by molar-refractivity contribution is 9.10. The van der Waals surface area contributed by atoms with E-state index in [-0.39, 0.29) is 5.91 Å². The lowest BCUT2D eigenvalue weighted by molar-refractivity contribution is 0.0649. The first-order valence-corrected chi connectivity index (χ1v) is 10.5. The van der Waals surface area contributed by atoms with Gasteiger partial charge in [0.1, 0.15) is 0 Å². The third kappa shape index (κ3) is 3.62. The normalized spacial score (nSPS) is 28.2. The third-order valence-corrected chi connectivity index (χ3v) is 6.94. The van der Waals surface area contributed by atoms with E-state index in [9.17, 15) is 4.79 Å². The van der Waals surface area contributed by atoms with Crippen LogP contribution in [0.4, 0.5) is 0 Å². The summed E-state index contributed by atoms with van der Waals surface area (Å²) in [6, 6.07) is 8.55. The van der Waals surface area contributed by atoms with Gasteiger partial charge in [-0.3, -0.25) is 9.69 Å². The molecular formula is C18H25BrN2OS. The molecule has 0 radical (unpaired) electrons. The van der Waals surface area contributed by atoms with Gasteiger partial charge in [-0.25, -0.2) is 0 Å². The number of hydrogen-bond acceptors (Lipinski definition) is 3.